The quantitative estimate of drug-likeness (QED) is 0.748. The summed E-state index contributed by atoms with van der Waals surface area (Å²) in [5.41, 5.74) is 0. The topological polar surface area (TPSA) is 83.6 Å². The number of nitrogens with zero attached hydrogens (tertiary/aromatic N) is 2. The number of likely N-dealkylation sites (N-methyl/N-ethyl adjacent to an activating group) is 1. The van der Waals surface area contributed by atoms with E-state index in [4.69, 9.17) is 5.11 Å². The Balaban J connectivity index is 2.70. The van der Waals surface area contributed by atoms with E-state index in [1.165, 1.54) is 12.3 Å². The second kappa shape index (κ2) is 4.40. The zero-order valence-electron chi connectivity index (χ0n) is 7.64. The van der Waals surface area contributed by atoms with Crippen LogP contribution in [0.1, 0.15) is 17.5 Å². The first-order valence-corrected chi connectivity index (χ1v) is 4.07. The molecule has 0 radical (unpaired) electrons. The Morgan fingerprint density at radius 2 is 2.36 bits per heavy atom. The van der Waals surface area contributed by atoms with Crippen molar-refractivity contribution in [3.63, 3.8) is 0 Å². The zero-order chi connectivity index (χ0) is 10.6. The molecule has 0 aliphatic carbocycles. The fourth-order valence-electron chi connectivity index (χ4n) is 0.972. The smallest absolute Gasteiger partial charge is 0.323 e. The molecular weight excluding hydrogens is 188 g/mol. The highest BCUT2D eigenvalue weighted by Gasteiger charge is 2.19. The molecule has 0 unspecified atom stereocenters. The molecule has 1 amide bonds. The van der Waals surface area contributed by atoms with Crippen molar-refractivity contribution in [3.05, 3.63) is 18.0 Å². The molecule has 1 rings (SSSR count). The monoisotopic (exact) mass is 198 g/mol. The van der Waals surface area contributed by atoms with E-state index in [2.05, 4.69) is 9.68 Å². The molecule has 0 atom stereocenters. The van der Waals surface area contributed by atoms with Gasteiger partial charge < -0.3 is 14.5 Å². The van der Waals surface area contributed by atoms with E-state index in [9.17, 15) is 9.59 Å². The van der Waals surface area contributed by atoms with Gasteiger partial charge in [0.2, 0.25) is 5.76 Å². The molecule has 6 nitrogen and oxygen atoms in total. The lowest BCUT2D eigenvalue weighted by Crippen LogP contribution is -2.35. The van der Waals surface area contributed by atoms with E-state index in [0.29, 0.717) is 6.54 Å². The number of aliphatic carboxylic acids is 1. The van der Waals surface area contributed by atoms with Crippen LogP contribution >= 0.6 is 0 Å². The normalized spacial score (nSPS) is 9.79. The van der Waals surface area contributed by atoms with Crippen LogP contribution in [0, 0.1) is 0 Å². The lowest BCUT2D eigenvalue weighted by molar-refractivity contribution is -0.137. The van der Waals surface area contributed by atoms with Gasteiger partial charge in [-0.15, -0.1) is 0 Å². The molecule has 1 heterocycles. The summed E-state index contributed by atoms with van der Waals surface area (Å²) in [6.07, 6.45) is 1.34. The summed E-state index contributed by atoms with van der Waals surface area (Å²) in [7, 11) is 0. The third-order valence-corrected chi connectivity index (χ3v) is 1.64. The van der Waals surface area contributed by atoms with Crippen LogP contribution in [0.3, 0.4) is 0 Å². The summed E-state index contributed by atoms with van der Waals surface area (Å²) in [5, 5.41) is 11.9. The van der Waals surface area contributed by atoms with Gasteiger partial charge in [-0.3, -0.25) is 9.59 Å². The van der Waals surface area contributed by atoms with E-state index >= 15 is 0 Å². The molecule has 0 aromatic carbocycles. The Labute approximate surface area is 80.1 Å². The van der Waals surface area contributed by atoms with Crippen LogP contribution in [0.4, 0.5) is 0 Å². The first-order valence-electron chi connectivity index (χ1n) is 4.07. The minimum Gasteiger partial charge on any atom is -0.480 e. The van der Waals surface area contributed by atoms with E-state index in [1.54, 1.807) is 6.92 Å². The van der Waals surface area contributed by atoms with Gasteiger partial charge in [-0.05, 0) is 6.92 Å². The lowest BCUT2D eigenvalue weighted by atomic mass is 10.3. The largest absolute Gasteiger partial charge is 0.480 e. The Kier molecular flexibility index (Phi) is 3.22. The fraction of sp³-hybridized carbons (Fsp3) is 0.375. The van der Waals surface area contributed by atoms with Crippen LogP contribution in [-0.2, 0) is 4.79 Å². The van der Waals surface area contributed by atoms with Gasteiger partial charge in [-0.25, -0.2) is 0 Å². The minimum absolute atomic E-state index is 0.0492. The first-order chi connectivity index (χ1) is 6.65. The summed E-state index contributed by atoms with van der Waals surface area (Å²) in [5.74, 6) is -1.47. The average molecular weight is 198 g/mol. The summed E-state index contributed by atoms with van der Waals surface area (Å²) in [4.78, 5) is 23.1. The highest BCUT2D eigenvalue weighted by molar-refractivity contribution is 5.93. The van der Waals surface area contributed by atoms with Crippen LogP contribution in [0.25, 0.3) is 0 Å². The van der Waals surface area contributed by atoms with Gasteiger partial charge in [-0.2, -0.15) is 0 Å². The summed E-state index contributed by atoms with van der Waals surface area (Å²) in [6.45, 7) is 1.67. The zero-order valence-corrected chi connectivity index (χ0v) is 7.64. The number of hydrogen-bond donors (Lipinski definition) is 1. The van der Waals surface area contributed by atoms with E-state index < -0.39 is 11.9 Å². The van der Waals surface area contributed by atoms with Gasteiger partial charge in [0.25, 0.3) is 5.91 Å². The van der Waals surface area contributed by atoms with Crippen molar-refractivity contribution in [1.82, 2.24) is 10.1 Å². The van der Waals surface area contributed by atoms with Crippen molar-refractivity contribution < 1.29 is 19.2 Å². The Bertz CT molecular complexity index is 320. The Morgan fingerprint density at radius 1 is 1.64 bits per heavy atom. The Hall–Kier alpha value is -1.85. The van der Waals surface area contributed by atoms with Gasteiger partial charge in [-0.1, -0.05) is 5.16 Å². The van der Waals surface area contributed by atoms with Gasteiger partial charge in [0, 0.05) is 12.6 Å². The molecule has 0 aliphatic heterocycles. The second-order valence-electron chi connectivity index (χ2n) is 2.59. The van der Waals surface area contributed by atoms with E-state index in [-0.39, 0.29) is 12.3 Å². The standard InChI is InChI=1S/C8H10N2O4/c1-2-10(5-7(11)12)8(13)6-3-4-9-14-6/h3-4H,2,5H2,1H3,(H,11,12). The summed E-state index contributed by atoms with van der Waals surface area (Å²) < 4.78 is 4.63. The molecule has 1 N–H and O–H groups in total. The van der Waals surface area contributed by atoms with Crippen molar-refractivity contribution >= 4 is 11.9 Å². The number of amides is 1. The van der Waals surface area contributed by atoms with Gasteiger partial charge in [0.05, 0.1) is 6.20 Å². The highest BCUT2D eigenvalue weighted by Crippen LogP contribution is 2.02. The molecule has 0 spiro atoms. The van der Waals surface area contributed by atoms with Gasteiger partial charge in [0.1, 0.15) is 6.54 Å². The van der Waals surface area contributed by atoms with Crippen molar-refractivity contribution in [1.29, 1.82) is 0 Å². The van der Waals surface area contributed by atoms with Crippen LogP contribution in [-0.4, -0.2) is 40.1 Å². The van der Waals surface area contributed by atoms with Crippen LogP contribution in [0.15, 0.2) is 16.8 Å². The molecule has 0 saturated carbocycles. The van der Waals surface area contributed by atoms with E-state index in [1.807, 2.05) is 0 Å². The highest BCUT2D eigenvalue weighted by atomic mass is 16.5. The number of hydrogen-bond acceptors (Lipinski definition) is 4. The molecule has 0 saturated heterocycles. The van der Waals surface area contributed by atoms with Crippen molar-refractivity contribution in [2.45, 2.75) is 6.92 Å². The number of carboxylic acids is 1. The molecule has 1 aromatic rings. The number of carbonyl (C=O) groups excluding carboxylic acids is 1. The summed E-state index contributed by atoms with van der Waals surface area (Å²) in [6, 6.07) is 1.40. The fourth-order valence-corrected chi connectivity index (χ4v) is 0.972. The number of carboxylic acid groups (broad SMARTS) is 1. The maximum Gasteiger partial charge on any atom is 0.323 e. The van der Waals surface area contributed by atoms with Crippen molar-refractivity contribution in [2.24, 2.45) is 0 Å². The minimum atomic E-state index is -1.06. The third kappa shape index (κ3) is 2.32. The Morgan fingerprint density at radius 3 is 2.79 bits per heavy atom. The number of carbonyl (C=O) groups is 2. The first kappa shape index (κ1) is 10.2. The number of rotatable bonds is 4. The predicted octanol–water partition coefficient (Wildman–Crippen LogP) is 0.221. The molecule has 0 bridgehead atoms. The van der Waals surface area contributed by atoms with Crippen molar-refractivity contribution in [3.8, 4) is 0 Å². The van der Waals surface area contributed by atoms with E-state index in [0.717, 1.165) is 4.90 Å². The molecule has 14 heavy (non-hydrogen) atoms. The molecular formula is C8H10N2O4. The molecule has 76 valence electrons. The maximum absolute atomic E-state index is 11.5. The van der Waals surface area contributed by atoms with Crippen LogP contribution in [0.2, 0.25) is 0 Å². The second-order valence-corrected chi connectivity index (χ2v) is 2.59. The summed E-state index contributed by atoms with van der Waals surface area (Å²) >= 11 is 0. The van der Waals surface area contributed by atoms with Crippen LogP contribution < -0.4 is 0 Å². The average Bonchev–Trinajstić information content (AvgIpc) is 2.65. The molecule has 6 heteroatoms. The third-order valence-electron chi connectivity index (χ3n) is 1.64. The van der Waals surface area contributed by atoms with Crippen LogP contribution in [0.5, 0.6) is 0 Å². The number of aromatic nitrogens is 1. The van der Waals surface area contributed by atoms with Gasteiger partial charge in [0.15, 0.2) is 0 Å². The maximum atomic E-state index is 11.5. The molecule has 1 aromatic heterocycles. The lowest BCUT2D eigenvalue weighted by Gasteiger charge is -2.15. The van der Waals surface area contributed by atoms with Gasteiger partial charge >= 0.3 is 5.97 Å². The molecule has 0 aliphatic rings. The predicted molar refractivity (Wildman–Crippen MR) is 45.7 cm³/mol. The SMILES string of the molecule is CCN(CC(=O)O)C(=O)c1ccno1. The molecule has 0 fully saturated rings. The van der Waals surface area contributed by atoms with Crippen molar-refractivity contribution in [2.75, 3.05) is 13.1 Å².